The largest absolute Gasteiger partial charge is 0.336 e. The fourth-order valence-corrected chi connectivity index (χ4v) is 2.75. The van der Waals surface area contributed by atoms with Gasteiger partial charge in [0.2, 0.25) is 0 Å². The number of alkyl halides is 1. The third-order valence-electron chi connectivity index (χ3n) is 2.15. The maximum Gasteiger partial charge on any atom is 0.259 e. The van der Waals surface area contributed by atoms with Gasteiger partial charge in [0.05, 0.1) is 6.33 Å². The van der Waals surface area contributed by atoms with Crippen molar-refractivity contribution in [1.29, 1.82) is 0 Å². The van der Waals surface area contributed by atoms with Crippen LogP contribution in [0.4, 0.5) is 0 Å². The van der Waals surface area contributed by atoms with Gasteiger partial charge in [0, 0.05) is 24.7 Å². The van der Waals surface area contributed by atoms with Gasteiger partial charge in [0.25, 0.3) is 10.0 Å². The van der Waals surface area contributed by atoms with Crippen molar-refractivity contribution in [2.75, 3.05) is 5.88 Å². The minimum atomic E-state index is -3.51. The molecule has 7 heteroatoms. The van der Waals surface area contributed by atoms with Crippen molar-refractivity contribution in [3.8, 4) is 0 Å². The topological polar surface area (TPSA) is 64.0 Å². The molecule has 1 rings (SSSR count). The molecule has 0 aromatic carbocycles. The van der Waals surface area contributed by atoms with Crippen LogP contribution in [0, 0.1) is 0 Å². The molecule has 1 aromatic heterocycles. The number of nitrogens with zero attached hydrogens (tertiary/aromatic N) is 2. The van der Waals surface area contributed by atoms with Crippen molar-refractivity contribution in [2.24, 2.45) is 0 Å². The lowest BCUT2D eigenvalue weighted by Gasteiger charge is -2.10. The summed E-state index contributed by atoms with van der Waals surface area (Å²) in [6, 6.07) is -0.186. The number of hydrogen-bond donors (Lipinski definition) is 1. The predicted octanol–water partition coefficient (Wildman–Crippen LogP) is 1.20. The van der Waals surface area contributed by atoms with Crippen molar-refractivity contribution in [2.45, 2.75) is 37.9 Å². The lowest BCUT2D eigenvalue weighted by molar-refractivity contribution is 0.553. The first-order valence-corrected chi connectivity index (χ1v) is 7.11. The predicted molar refractivity (Wildman–Crippen MR) is 63.0 cm³/mol. The van der Waals surface area contributed by atoms with Gasteiger partial charge in [0.15, 0.2) is 5.03 Å². The molecule has 0 radical (unpaired) electrons. The van der Waals surface area contributed by atoms with E-state index in [1.165, 1.54) is 12.5 Å². The zero-order valence-electron chi connectivity index (χ0n) is 9.35. The van der Waals surface area contributed by atoms with Gasteiger partial charge >= 0.3 is 0 Å². The van der Waals surface area contributed by atoms with Crippen molar-refractivity contribution in [3.05, 3.63) is 12.5 Å². The third kappa shape index (κ3) is 3.47. The number of sulfonamides is 1. The minimum absolute atomic E-state index is 0.0516. The third-order valence-corrected chi connectivity index (χ3v) is 3.84. The average Bonchev–Trinajstić information content (AvgIpc) is 2.65. The highest BCUT2D eigenvalue weighted by Crippen LogP contribution is 2.07. The van der Waals surface area contributed by atoms with Crippen LogP contribution in [0.15, 0.2) is 17.6 Å². The molecule has 92 valence electrons. The Balaban J connectivity index is 2.77. The summed E-state index contributed by atoms with van der Waals surface area (Å²) in [5.74, 6) is 0.424. The summed E-state index contributed by atoms with van der Waals surface area (Å²) in [6.07, 6.45) is 3.60. The molecule has 16 heavy (non-hydrogen) atoms. The first-order valence-electron chi connectivity index (χ1n) is 5.09. The first-order chi connectivity index (χ1) is 7.49. The molecule has 0 fully saturated rings. The summed E-state index contributed by atoms with van der Waals surface area (Å²) in [7, 11) is -3.51. The Morgan fingerprint density at radius 2 is 2.31 bits per heavy atom. The Morgan fingerprint density at radius 1 is 1.62 bits per heavy atom. The zero-order valence-corrected chi connectivity index (χ0v) is 10.9. The average molecular weight is 266 g/mol. The van der Waals surface area contributed by atoms with Crippen LogP contribution in [0.5, 0.6) is 0 Å². The summed E-state index contributed by atoms with van der Waals surface area (Å²) < 4.78 is 27.9. The molecular formula is C9H16ClN3O2S. The van der Waals surface area contributed by atoms with Crippen LogP contribution in [-0.4, -0.2) is 29.9 Å². The smallest absolute Gasteiger partial charge is 0.259 e. The van der Waals surface area contributed by atoms with E-state index in [2.05, 4.69) is 9.71 Å². The van der Waals surface area contributed by atoms with E-state index in [1.54, 1.807) is 11.5 Å². The Morgan fingerprint density at radius 3 is 2.81 bits per heavy atom. The van der Waals surface area contributed by atoms with Crippen molar-refractivity contribution in [1.82, 2.24) is 14.3 Å². The second-order valence-electron chi connectivity index (χ2n) is 3.54. The van der Waals surface area contributed by atoms with E-state index < -0.39 is 10.0 Å². The molecule has 0 saturated carbocycles. The molecule has 0 aliphatic rings. The fourth-order valence-electron chi connectivity index (χ4n) is 1.20. The summed E-state index contributed by atoms with van der Waals surface area (Å²) >= 11 is 5.54. The molecule has 1 heterocycles. The van der Waals surface area contributed by atoms with Crippen LogP contribution in [0.1, 0.15) is 20.3 Å². The van der Waals surface area contributed by atoms with Gasteiger partial charge in [-0.1, -0.05) is 0 Å². The van der Waals surface area contributed by atoms with Crippen LogP contribution in [0.3, 0.4) is 0 Å². The lowest BCUT2D eigenvalue weighted by Crippen LogP contribution is -2.33. The number of nitrogens with one attached hydrogen (secondary N) is 1. The second-order valence-corrected chi connectivity index (χ2v) is 5.58. The van der Waals surface area contributed by atoms with Crippen LogP contribution < -0.4 is 4.72 Å². The molecule has 0 aliphatic heterocycles. The Kier molecular flexibility index (Phi) is 4.76. The number of halogens is 1. The lowest BCUT2D eigenvalue weighted by atomic mass is 10.3. The van der Waals surface area contributed by atoms with E-state index in [1.807, 2.05) is 6.92 Å². The molecule has 1 unspecified atom stereocenters. The maximum atomic E-state index is 11.8. The highest BCUT2D eigenvalue weighted by molar-refractivity contribution is 7.89. The Labute approximate surface area is 101 Å². The van der Waals surface area contributed by atoms with Crippen LogP contribution >= 0.6 is 11.6 Å². The van der Waals surface area contributed by atoms with E-state index in [0.29, 0.717) is 18.8 Å². The summed E-state index contributed by atoms with van der Waals surface area (Å²) in [5.41, 5.74) is 0. The van der Waals surface area contributed by atoms with Gasteiger partial charge < -0.3 is 4.57 Å². The number of aryl methyl sites for hydroxylation is 1. The standard InChI is InChI=1S/C9H16ClN3O2S/c1-3-13-6-9(11-7-13)16(14,15)12-8(2)4-5-10/h6-8,12H,3-5H2,1-2H3. The van der Waals surface area contributed by atoms with Gasteiger partial charge in [-0.05, 0) is 20.3 Å². The summed E-state index contributed by atoms with van der Waals surface area (Å²) in [4.78, 5) is 3.85. The number of imidazole rings is 1. The monoisotopic (exact) mass is 265 g/mol. The molecule has 5 nitrogen and oxygen atoms in total. The highest BCUT2D eigenvalue weighted by atomic mass is 35.5. The van der Waals surface area contributed by atoms with Gasteiger partial charge in [-0.25, -0.2) is 18.1 Å². The maximum absolute atomic E-state index is 11.8. The van der Waals surface area contributed by atoms with E-state index in [-0.39, 0.29) is 11.1 Å². The van der Waals surface area contributed by atoms with Crippen molar-refractivity contribution >= 4 is 21.6 Å². The molecule has 0 aliphatic carbocycles. The minimum Gasteiger partial charge on any atom is -0.336 e. The number of aromatic nitrogens is 2. The van der Waals surface area contributed by atoms with E-state index in [4.69, 9.17) is 11.6 Å². The molecule has 0 bridgehead atoms. The summed E-state index contributed by atoms with van der Waals surface area (Å²) in [6.45, 7) is 4.39. The molecule has 1 N–H and O–H groups in total. The molecule has 1 atom stereocenters. The highest BCUT2D eigenvalue weighted by Gasteiger charge is 2.19. The van der Waals surface area contributed by atoms with Gasteiger partial charge in [-0.3, -0.25) is 0 Å². The second kappa shape index (κ2) is 5.65. The number of hydrogen-bond acceptors (Lipinski definition) is 3. The van der Waals surface area contributed by atoms with E-state index in [0.717, 1.165) is 0 Å². The Bertz CT molecular complexity index is 430. The van der Waals surface area contributed by atoms with Gasteiger partial charge in [0.1, 0.15) is 0 Å². The van der Waals surface area contributed by atoms with Gasteiger partial charge in [-0.15, -0.1) is 11.6 Å². The first kappa shape index (κ1) is 13.5. The van der Waals surface area contributed by atoms with Crippen LogP contribution in [-0.2, 0) is 16.6 Å². The van der Waals surface area contributed by atoms with E-state index in [9.17, 15) is 8.42 Å². The van der Waals surface area contributed by atoms with Crippen molar-refractivity contribution in [3.63, 3.8) is 0 Å². The quantitative estimate of drug-likeness (QED) is 0.786. The van der Waals surface area contributed by atoms with E-state index >= 15 is 0 Å². The zero-order chi connectivity index (χ0) is 12.2. The SMILES string of the molecule is CCn1cnc(S(=O)(=O)NC(C)CCCl)c1. The van der Waals surface area contributed by atoms with Crippen LogP contribution in [0.2, 0.25) is 0 Å². The molecule has 0 spiro atoms. The molecule has 1 aromatic rings. The Hall–Kier alpha value is -0.590. The summed E-state index contributed by atoms with van der Waals surface area (Å²) in [5, 5.41) is 0.0516. The van der Waals surface area contributed by atoms with Crippen molar-refractivity contribution < 1.29 is 8.42 Å². The van der Waals surface area contributed by atoms with Crippen LogP contribution in [0.25, 0.3) is 0 Å². The molecule has 0 saturated heterocycles. The van der Waals surface area contributed by atoms with Gasteiger partial charge in [-0.2, -0.15) is 0 Å². The normalized spacial score (nSPS) is 13.9. The molecule has 0 amide bonds. The molecular weight excluding hydrogens is 250 g/mol. The fraction of sp³-hybridized carbons (Fsp3) is 0.667. The number of rotatable bonds is 6.